The van der Waals surface area contributed by atoms with Gasteiger partial charge in [-0.25, -0.2) is 4.98 Å². The minimum absolute atomic E-state index is 0.0163. The van der Waals surface area contributed by atoms with Crippen LogP contribution >= 0.6 is 23.1 Å². The molecule has 1 unspecified atom stereocenters. The lowest BCUT2D eigenvalue weighted by Crippen LogP contribution is -2.27. The summed E-state index contributed by atoms with van der Waals surface area (Å²) in [4.78, 5) is 32.4. The van der Waals surface area contributed by atoms with Crippen LogP contribution in [0.25, 0.3) is 10.2 Å². The largest absolute Gasteiger partial charge is 0.298 e. The van der Waals surface area contributed by atoms with Gasteiger partial charge in [0.25, 0.3) is 5.56 Å². The van der Waals surface area contributed by atoms with Gasteiger partial charge in [0, 0.05) is 17.8 Å². The van der Waals surface area contributed by atoms with E-state index in [9.17, 15) is 9.59 Å². The van der Waals surface area contributed by atoms with Crippen LogP contribution in [0.3, 0.4) is 0 Å². The van der Waals surface area contributed by atoms with Crippen LogP contribution in [-0.4, -0.2) is 20.6 Å². The Balaban J connectivity index is 1.71. The maximum atomic E-state index is 13.3. The van der Waals surface area contributed by atoms with Gasteiger partial charge in [0.1, 0.15) is 10.6 Å². The average Bonchev–Trinajstić information content (AvgIpc) is 3.14. The molecule has 3 aromatic rings. The normalized spacial score (nSPS) is 17.3. The zero-order valence-electron chi connectivity index (χ0n) is 16.0. The monoisotopic (exact) mass is 412 g/mol. The number of thiophene rings is 1. The number of aromatic nitrogens is 2. The first-order valence-corrected chi connectivity index (χ1v) is 11.6. The Labute approximate surface area is 173 Å². The van der Waals surface area contributed by atoms with Crippen LogP contribution in [0.4, 0.5) is 0 Å². The Hall–Kier alpha value is -1.92. The molecule has 1 saturated carbocycles. The number of carbonyl (C=O) groups is 1. The van der Waals surface area contributed by atoms with Gasteiger partial charge < -0.3 is 0 Å². The van der Waals surface area contributed by atoms with E-state index in [-0.39, 0.29) is 10.8 Å². The summed E-state index contributed by atoms with van der Waals surface area (Å²) >= 11 is 3.08. The fourth-order valence-corrected chi connectivity index (χ4v) is 5.85. The van der Waals surface area contributed by atoms with Gasteiger partial charge in [-0.05, 0) is 37.3 Å². The van der Waals surface area contributed by atoms with Crippen molar-refractivity contribution >= 4 is 39.1 Å². The summed E-state index contributed by atoms with van der Waals surface area (Å²) < 4.78 is 1.79. The molecule has 0 aliphatic heterocycles. The first-order valence-electron chi connectivity index (χ1n) is 9.92. The zero-order valence-corrected chi connectivity index (χ0v) is 17.7. The molecule has 2 aromatic heterocycles. The number of rotatable bonds is 6. The second-order valence-electron chi connectivity index (χ2n) is 7.19. The summed E-state index contributed by atoms with van der Waals surface area (Å²) in [6, 6.07) is 12.2. The Morgan fingerprint density at radius 1 is 1.21 bits per heavy atom. The predicted octanol–water partition coefficient (Wildman–Crippen LogP) is 4.87. The number of hydrogen-bond acceptors (Lipinski definition) is 5. The SMILES string of the molecule is CCc1cc2c(=O)n(CCc3ccccc3)c(SC3CCCCC3=O)nc2s1. The molecule has 0 radical (unpaired) electrons. The maximum Gasteiger partial charge on any atom is 0.262 e. The third kappa shape index (κ3) is 4.08. The molecular formula is C22H24N2O2S2. The topological polar surface area (TPSA) is 52.0 Å². The van der Waals surface area contributed by atoms with E-state index in [1.807, 2.05) is 24.3 Å². The quantitative estimate of drug-likeness (QED) is 0.542. The molecule has 0 spiro atoms. The van der Waals surface area contributed by atoms with Gasteiger partial charge in [0.2, 0.25) is 0 Å². The fraction of sp³-hybridized carbons (Fsp3) is 0.409. The summed E-state index contributed by atoms with van der Waals surface area (Å²) in [7, 11) is 0. The summed E-state index contributed by atoms with van der Waals surface area (Å²) in [5, 5.41) is 1.32. The van der Waals surface area contributed by atoms with Crippen LogP contribution < -0.4 is 5.56 Å². The van der Waals surface area contributed by atoms with Gasteiger partial charge in [-0.1, -0.05) is 55.4 Å². The number of ketones is 1. The lowest BCUT2D eigenvalue weighted by Gasteiger charge is -2.21. The molecule has 6 heteroatoms. The molecule has 2 heterocycles. The van der Waals surface area contributed by atoms with E-state index < -0.39 is 0 Å². The first kappa shape index (κ1) is 19.4. The number of carbonyl (C=O) groups excluding carboxylic acids is 1. The molecule has 0 N–H and O–H groups in total. The summed E-state index contributed by atoms with van der Waals surface area (Å²) in [6.07, 6.45) is 5.24. The Morgan fingerprint density at radius 2 is 2.04 bits per heavy atom. The third-order valence-electron chi connectivity index (χ3n) is 5.23. The highest BCUT2D eigenvalue weighted by molar-refractivity contribution is 8.00. The lowest BCUT2D eigenvalue weighted by atomic mass is 9.99. The van der Waals surface area contributed by atoms with Crippen molar-refractivity contribution in [3.05, 3.63) is 57.2 Å². The van der Waals surface area contributed by atoms with Crippen molar-refractivity contribution < 1.29 is 4.79 Å². The number of nitrogens with zero attached hydrogens (tertiary/aromatic N) is 2. The van der Waals surface area contributed by atoms with Crippen molar-refractivity contribution in [3.63, 3.8) is 0 Å². The standard InChI is InChI=1S/C22H24N2O2S2/c1-2-16-14-17-20(27-16)23-22(28-19-11-7-6-10-18(19)25)24(21(17)26)13-12-15-8-4-3-5-9-15/h3-5,8-9,14,19H,2,6-7,10-13H2,1H3. The van der Waals surface area contributed by atoms with Crippen molar-refractivity contribution in [2.24, 2.45) is 0 Å². The van der Waals surface area contributed by atoms with Crippen LogP contribution in [0.5, 0.6) is 0 Å². The van der Waals surface area contributed by atoms with Crippen LogP contribution in [0, 0.1) is 0 Å². The second-order valence-corrected chi connectivity index (χ2v) is 9.48. The molecule has 1 aliphatic carbocycles. The van der Waals surface area contributed by atoms with Gasteiger partial charge in [-0.15, -0.1) is 11.3 Å². The zero-order chi connectivity index (χ0) is 19.5. The van der Waals surface area contributed by atoms with Gasteiger partial charge in [-0.2, -0.15) is 0 Å². The Bertz CT molecular complexity index is 1040. The van der Waals surface area contributed by atoms with Crippen molar-refractivity contribution in [1.82, 2.24) is 9.55 Å². The molecule has 4 rings (SSSR count). The van der Waals surface area contributed by atoms with Gasteiger partial charge >= 0.3 is 0 Å². The molecule has 0 amide bonds. The number of aryl methyl sites for hydroxylation is 2. The van der Waals surface area contributed by atoms with Crippen molar-refractivity contribution in [3.8, 4) is 0 Å². The average molecular weight is 413 g/mol. The van der Waals surface area contributed by atoms with E-state index in [1.165, 1.54) is 22.2 Å². The minimum Gasteiger partial charge on any atom is -0.298 e. The maximum absolute atomic E-state index is 13.3. The van der Waals surface area contributed by atoms with Gasteiger partial charge in [0.05, 0.1) is 10.6 Å². The number of Topliss-reactive ketones (excluding diaryl/α,β-unsaturated/α-hetero) is 1. The fourth-order valence-electron chi connectivity index (χ4n) is 3.60. The molecule has 0 saturated heterocycles. The predicted molar refractivity (Wildman–Crippen MR) is 117 cm³/mol. The highest BCUT2D eigenvalue weighted by Crippen LogP contribution is 2.32. The Kier molecular flexibility index (Phi) is 5.97. The molecule has 0 bridgehead atoms. The third-order valence-corrected chi connectivity index (χ3v) is 7.71. The van der Waals surface area contributed by atoms with Crippen molar-refractivity contribution in [2.45, 2.75) is 62.4 Å². The number of fused-ring (bicyclic) bond motifs is 1. The molecule has 4 nitrogen and oxygen atoms in total. The summed E-state index contributed by atoms with van der Waals surface area (Å²) in [5.41, 5.74) is 1.21. The molecule has 1 atom stereocenters. The van der Waals surface area contributed by atoms with Gasteiger partial charge in [0.15, 0.2) is 5.16 Å². The van der Waals surface area contributed by atoms with Crippen molar-refractivity contribution in [1.29, 1.82) is 0 Å². The van der Waals surface area contributed by atoms with Gasteiger partial charge in [-0.3, -0.25) is 14.2 Å². The summed E-state index contributed by atoms with van der Waals surface area (Å²) in [6.45, 7) is 2.67. The molecule has 1 fully saturated rings. The molecule has 28 heavy (non-hydrogen) atoms. The molecule has 1 aliphatic rings. The molecule has 1 aromatic carbocycles. The van der Waals surface area contributed by atoms with Crippen molar-refractivity contribution in [2.75, 3.05) is 0 Å². The highest BCUT2D eigenvalue weighted by atomic mass is 32.2. The van der Waals surface area contributed by atoms with Crippen LogP contribution in [0.15, 0.2) is 46.3 Å². The lowest BCUT2D eigenvalue weighted by molar-refractivity contribution is -0.119. The van der Waals surface area contributed by atoms with E-state index >= 15 is 0 Å². The first-order chi connectivity index (χ1) is 13.7. The molecular weight excluding hydrogens is 388 g/mol. The van der Waals surface area contributed by atoms with Crippen LogP contribution in [-0.2, 0) is 24.2 Å². The highest BCUT2D eigenvalue weighted by Gasteiger charge is 2.26. The van der Waals surface area contributed by atoms with E-state index in [1.54, 1.807) is 15.9 Å². The van der Waals surface area contributed by atoms with Crippen LogP contribution in [0.2, 0.25) is 0 Å². The van der Waals surface area contributed by atoms with Crippen LogP contribution in [0.1, 0.15) is 43.0 Å². The number of thioether (sulfide) groups is 1. The smallest absolute Gasteiger partial charge is 0.262 e. The minimum atomic E-state index is -0.0771. The van der Waals surface area contributed by atoms with E-state index in [0.717, 1.165) is 36.9 Å². The number of hydrogen-bond donors (Lipinski definition) is 0. The van der Waals surface area contributed by atoms with E-state index in [2.05, 4.69) is 19.1 Å². The summed E-state index contributed by atoms with van der Waals surface area (Å²) in [5.74, 6) is 0.292. The Morgan fingerprint density at radius 3 is 2.79 bits per heavy atom. The number of benzene rings is 1. The molecule has 146 valence electrons. The van der Waals surface area contributed by atoms with E-state index in [0.29, 0.717) is 29.3 Å². The second kappa shape index (κ2) is 8.62. The van der Waals surface area contributed by atoms with E-state index in [4.69, 9.17) is 4.98 Å².